The molecule has 2 N–H and O–H groups in total. The summed E-state index contributed by atoms with van der Waals surface area (Å²) in [5, 5.41) is 0. The summed E-state index contributed by atoms with van der Waals surface area (Å²) in [6, 6.07) is 8.69. The summed E-state index contributed by atoms with van der Waals surface area (Å²) in [5.41, 5.74) is 1.63. The van der Waals surface area contributed by atoms with Gasteiger partial charge >= 0.3 is 11.7 Å². The molecule has 0 aliphatic heterocycles. The number of ether oxygens (including phenoxy) is 1. The number of hydrogen-bond acceptors (Lipinski definition) is 6. The van der Waals surface area contributed by atoms with E-state index in [-0.39, 0.29) is 22.8 Å². The Morgan fingerprint density at radius 1 is 1.23 bits per heavy atom. The van der Waals surface area contributed by atoms with Crippen LogP contribution in [0.5, 0.6) is 0 Å². The van der Waals surface area contributed by atoms with E-state index in [1.807, 2.05) is 0 Å². The van der Waals surface area contributed by atoms with Crippen LogP contribution in [-0.4, -0.2) is 26.0 Å². The number of benzene rings is 2. The largest absolute Gasteiger partial charge is 0.462 e. The van der Waals surface area contributed by atoms with Gasteiger partial charge in [0.25, 0.3) is 10.0 Å². The van der Waals surface area contributed by atoms with E-state index in [0.29, 0.717) is 16.6 Å². The molecule has 0 unspecified atom stereocenters. The van der Waals surface area contributed by atoms with Crippen molar-refractivity contribution in [3.63, 3.8) is 0 Å². The molecule has 1 aromatic heterocycles. The summed E-state index contributed by atoms with van der Waals surface area (Å²) >= 11 is 0. The van der Waals surface area contributed by atoms with Crippen LogP contribution in [0.25, 0.3) is 11.1 Å². The van der Waals surface area contributed by atoms with Crippen molar-refractivity contribution >= 4 is 32.8 Å². The number of H-pyrrole nitrogens is 1. The van der Waals surface area contributed by atoms with Gasteiger partial charge in [0, 0.05) is 11.8 Å². The van der Waals surface area contributed by atoms with E-state index in [9.17, 15) is 18.0 Å². The third-order valence-electron chi connectivity index (χ3n) is 3.65. The molecule has 3 rings (SSSR count). The molecule has 3 aromatic rings. The summed E-state index contributed by atoms with van der Waals surface area (Å²) in [6.07, 6.45) is 0. The van der Waals surface area contributed by atoms with Gasteiger partial charge in [-0.2, -0.15) is 0 Å². The SMILES string of the molecule is CCOC(=O)c1ccc(NS(=O)(=O)c2cc3oc(=O)[nH]c3cc2C)cc1. The lowest BCUT2D eigenvalue weighted by molar-refractivity contribution is 0.0526. The Bertz CT molecular complexity index is 1130. The van der Waals surface area contributed by atoms with E-state index < -0.39 is 21.7 Å². The van der Waals surface area contributed by atoms with Crippen molar-refractivity contribution in [1.29, 1.82) is 0 Å². The number of esters is 1. The number of fused-ring (bicyclic) bond motifs is 1. The van der Waals surface area contributed by atoms with Crippen molar-refractivity contribution in [1.82, 2.24) is 4.98 Å². The van der Waals surface area contributed by atoms with Crippen molar-refractivity contribution in [3.05, 3.63) is 58.1 Å². The molecule has 0 amide bonds. The molecule has 0 bridgehead atoms. The minimum absolute atomic E-state index is 0.0118. The highest BCUT2D eigenvalue weighted by Gasteiger charge is 2.19. The molecule has 0 saturated carbocycles. The second-order valence-corrected chi connectivity index (χ2v) is 7.18. The highest BCUT2D eigenvalue weighted by molar-refractivity contribution is 7.92. The van der Waals surface area contributed by atoms with Crippen molar-refractivity contribution in [3.8, 4) is 0 Å². The molecule has 1 heterocycles. The number of rotatable bonds is 5. The standard InChI is InChI=1S/C17H16N2O6S/c1-3-24-16(20)11-4-6-12(7-5-11)19-26(22,23)15-9-14-13(8-10(15)2)18-17(21)25-14/h4-9,19H,3H2,1-2H3,(H,18,21). The zero-order valence-corrected chi connectivity index (χ0v) is 14.8. The highest BCUT2D eigenvalue weighted by Crippen LogP contribution is 2.24. The smallest absolute Gasteiger partial charge is 0.417 e. The molecule has 136 valence electrons. The predicted molar refractivity (Wildman–Crippen MR) is 94.8 cm³/mol. The van der Waals surface area contributed by atoms with Gasteiger partial charge in [-0.15, -0.1) is 0 Å². The molecule has 0 aliphatic carbocycles. The molecule has 0 radical (unpaired) electrons. The number of carbonyl (C=O) groups excluding carboxylic acids is 1. The van der Waals surface area contributed by atoms with Crippen molar-refractivity contribution < 1.29 is 22.4 Å². The van der Waals surface area contributed by atoms with Crippen LogP contribution in [0.15, 0.2) is 50.5 Å². The lowest BCUT2D eigenvalue weighted by atomic mass is 10.2. The van der Waals surface area contributed by atoms with Crippen LogP contribution in [0.1, 0.15) is 22.8 Å². The van der Waals surface area contributed by atoms with Gasteiger partial charge < -0.3 is 9.15 Å². The maximum absolute atomic E-state index is 12.7. The molecule has 9 heteroatoms. The maximum Gasteiger partial charge on any atom is 0.417 e. The average molecular weight is 376 g/mol. The van der Waals surface area contributed by atoms with Crippen molar-refractivity contribution in [2.75, 3.05) is 11.3 Å². The van der Waals surface area contributed by atoms with Gasteiger partial charge in [-0.05, 0) is 49.7 Å². The van der Waals surface area contributed by atoms with Gasteiger partial charge in [0.1, 0.15) is 0 Å². The molecule has 0 saturated heterocycles. The van der Waals surface area contributed by atoms with Crippen molar-refractivity contribution in [2.45, 2.75) is 18.7 Å². The second kappa shape index (κ2) is 6.68. The number of nitrogens with one attached hydrogen (secondary N) is 2. The van der Waals surface area contributed by atoms with Gasteiger partial charge in [-0.1, -0.05) is 0 Å². The van der Waals surface area contributed by atoms with Crippen LogP contribution >= 0.6 is 0 Å². The molecular formula is C17H16N2O6S. The van der Waals surface area contributed by atoms with Crippen LogP contribution in [0.4, 0.5) is 5.69 Å². The van der Waals surface area contributed by atoms with E-state index in [0.717, 1.165) is 0 Å². The predicted octanol–water partition coefficient (Wildman–Crippen LogP) is 2.41. The third-order valence-corrected chi connectivity index (χ3v) is 5.18. The summed E-state index contributed by atoms with van der Waals surface area (Å²) in [4.78, 5) is 25.4. The summed E-state index contributed by atoms with van der Waals surface area (Å²) < 4.78 is 37.6. The highest BCUT2D eigenvalue weighted by atomic mass is 32.2. The third kappa shape index (κ3) is 3.47. The number of aromatic nitrogens is 1. The normalized spacial score (nSPS) is 11.5. The van der Waals surface area contributed by atoms with Gasteiger partial charge in [0.15, 0.2) is 5.58 Å². The first-order valence-electron chi connectivity index (χ1n) is 7.73. The van der Waals surface area contributed by atoms with E-state index in [1.54, 1.807) is 13.8 Å². The summed E-state index contributed by atoms with van der Waals surface area (Å²) in [5.74, 6) is -1.14. The molecule has 0 atom stereocenters. The van der Waals surface area contributed by atoms with Crippen molar-refractivity contribution in [2.24, 2.45) is 0 Å². The lowest BCUT2D eigenvalue weighted by Gasteiger charge is -2.11. The molecule has 2 aromatic carbocycles. The number of carbonyl (C=O) groups is 1. The Kier molecular flexibility index (Phi) is 4.56. The number of anilines is 1. The Labute approximate surface area is 148 Å². The van der Waals surface area contributed by atoms with Crippen LogP contribution in [-0.2, 0) is 14.8 Å². The van der Waals surface area contributed by atoms with Crippen LogP contribution < -0.4 is 10.5 Å². The van der Waals surface area contributed by atoms with E-state index in [1.165, 1.54) is 36.4 Å². The minimum Gasteiger partial charge on any atom is -0.462 e. The van der Waals surface area contributed by atoms with Crippen LogP contribution in [0.2, 0.25) is 0 Å². The number of hydrogen-bond donors (Lipinski definition) is 2. The number of aromatic amines is 1. The van der Waals surface area contributed by atoms with E-state index in [2.05, 4.69) is 9.71 Å². The van der Waals surface area contributed by atoms with Gasteiger partial charge in [-0.25, -0.2) is 18.0 Å². The fourth-order valence-electron chi connectivity index (χ4n) is 2.48. The molecule has 8 nitrogen and oxygen atoms in total. The summed E-state index contributed by atoms with van der Waals surface area (Å²) in [7, 11) is -3.91. The Hall–Kier alpha value is -3.07. The fourth-order valence-corrected chi connectivity index (χ4v) is 3.78. The number of oxazole rings is 1. The molecule has 0 spiro atoms. The van der Waals surface area contributed by atoms with E-state index >= 15 is 0 Å². The van der Waals surface area contributed by atoms with Crippen LogP contribution in [0.3, 0.4) is 0 Å². The molecule has 26 heavy (non-hydrogen) atoms. The molecule has 0 fully saturated rings. The zero-order chi connectivity index (χ0) is 18.9. The Morgan fingerprint density at radius 3 is 2.58 bits per heavy atom. The summed E-state index contributed by atoms with van der Waals surface area (Å²) in [6.45, 7) is 3.57. The first kappa shape index (κ1) is 17.7. The topological polar surface area (TPSA) is 118 Å². The lowest BCUT2D eigenvalue weighted by Crippen LogP contribution is -2.14. The number of sulfonamides is 1. The Morgan fingerprint density at radius 2 is 1.92 bits per heavy atom. The number of aryl methyl sites for hydroxylation is 1. The van der Waals surface area contributed by atoms with Gasteiger partial charge in [0.05, 0.1) is 22.6 Å². The molecule has 0 aliphatic rings. The Balaban J connectivity index is 1.90. The maximum atomic E-state index is 12.7. The zero-order valence-electron chi connectivity index (χ0n) is 14.0. The fraction of sp³-hybridized carbons (Fsp3) is 0.176. The van der Waals surface area contributed by atoms with Crippen LogP contribution in [0, 0.1) is 6.92 Å². The first-order valence-corrected chi connectivity index (χ1v) is 9.22. The second-order valence-electron chi connectivity index (χ2n) is 5.53. The quantitative estimate of drug-likeness (QED) is 0.660. The minimum atomic E-state index is -3.91. The van der Waals surface area contributed by atoms with E-state index in [4.69, 9.17) is 9.15 Å². The molecular weight excluding hydrogens is 360 g/mol. The van der Waals surface area contributed by atoms with Gasteiger partial charge in [-0.3, -0.25) is 9.71 Å². The average Bonchev–Trinajstić information content (AvgIpc) is 2.93. The monoisotopic (exact) mass is 376 g/mol. The van der Waals surface area contributed by atoms with Gasteiger partial charge in [0.2, 0.25) is 0 Å². The first-order chi connectivity index (χ1) is 12.3.